The van der Waals surface area contributed by atoms with Crippen LogP contribution in [0.3, 0.4) is 0 Å². The van der Waals surface area contributed by atoms with E-state index in [2.05, 4.69) is 17.2 Å². The molecule has 1 aliphatic rings. The lowest BCUT2D eigenvalue weighted by Crippen LogP contribution is -2.42. The maximum absolute atomic E-state index is 12.7. The summed E-state index contributed by atoms with van der Waals surface area (Å²) in [7, 11) is 0. The van der Waals surface area contributed by atoms with Gasteiger partial charge in [-0.05, 0) is 31.4 Å². The predicted octanol–water partition coefficient (Wildman–Crippen LogP) is 2.28. The van der Waals surface area contributed by atoms with E-state index < -0.39 is 0 Å². The molecule has 1 aromatic heterocycles. The number of hydrogen-bond acceptors (Lipinski definition) is 4. The van der Waals surface area contributed by atoms with Crippen molar-refractivity contribution < 1.29 is 9.90 Å². The van der Waals surface area contributed by atoms with Gasteiger partial charge in [-0.2, -0.15) is 0 Å². The van der Waals surface area contributed by atoms with Crippen molar-refractivity contribution in [3.05, 3.63) is 23.9 Å². The minimum atomic E-state index is -0.0554. The summed E-state index contributed by atoms with van der Waals surface area (Å²) in [6.07, 6.45) is 6.77. The molecule has 5 nitrogen and oxygen atoms in total. The van der Waals surface area contributed by atoms with Crippen LogP contribution >= 0.6 is 0 Å². The minimum Gasteiger partial charge on any atom is -0.394 e. The number of aromatic nitrogens is 1. The molecule has 0 saturated carbocycles. The van der Waals surface area contributed by atoms with Gasteiger partial charge in [0.05, 0.1) is 12.6 Å². The number of nitrogens with zero attached hydrogens (tertiary/aromatic N) is 2. The number of amides is 1. The van der Waals surface area contributed by atoms with Gasteiger partial charge in [0, 0.05) is 24.8 Å². The Morgan fingerprint density at radius 2 is 2.33 bits per heavy atom. The van der Waals surface area contributed by atoms with E-state index in [1.807, 2.05) is 4.90 Å². The number of aliphatic hydroxyl groups is 1. The molecule has 1 saturated heterocycles. The molecule has 0 aromatic carbocycles. The first-order valence-electron chi connectivity index (χ1n) is 7.88. The Labute approximate surface area is 126 Å². The van der Waals surface area contributed by atoms with E-state index in [1.165, 1.54) is 0 Å². The van der Waals surface area contributed by atoms with Gasteiger partial charge >= 0.3 is 0 Å². The fourth-order valence-electron chi connectivity index (χ4n) is 2.71. The maximum Gasteiger partial charge on any atom is 0.254 e. The Morgan fingerprint density at radius 1 is 1.48 bits per heavy atom. The lowest BCUT2D eigenvalue weighted by atomic mass is 10.1. The predicted molar refractivity (Wildman–Crippen MR) is 83.4 cm³/mol. The highest BCUT2D eigenvalue weighted by molar-refractivity contribution is 5.95. The summed E-state index contributed by atoms with van der Waals surface area (Å²) in [4.78, 5) is 18.8. The normalized spacial score (nSPS) is 19.1. The number of hydrogen-bond donors (Lipinski definition) is 2. The average Bonchev–Trinajstić information content (AvgIpc) is 2.77. The summed E-state index contributed by atoms with van der Waals surface area (Å²) >= 11 is 0. The average molecular weight is 291 g/mol. The van der Waals surface area contributed by atoms with Gasteiger partial charge < -0.3 is 15.3 Å². The Balaban J connectivity index is 2.13. The van der Waals surface area contributed by atoms with Gasteiger partial charge in [0.2, 0.25) is 0 Å². The molecule has 21 heavy (non-hydrogen) atoms. The number of rotatable bonds is 5. The highest BCUT2D eigenvalue weighted by Gasteiger charge is 2.25. The van der Waals surface area contributed by atoms with Gasteiger partial charge in [0.1, 0.15) is 5.82 Å². The van der Waals surface area contributed by atoms with Gasteiger partial charge in [-0.15, -0.1) is 0 Å². The maximum atomic E-state index is 12.7. The number of likely N-dealkylation sites (tertiary alicyclic amines) is 1. The molecule has 0 aliphatic carbocycles. The molecule has 1 amide bonds. The zero-order valence-corrected chi connectivity index (χ0v) is 12.7. The van der Waals surface area contributed by atoms with Crippen molar-refractivity contribution in [3.63, 3.8) is 0 Å². The molecule has 1 atom stereocenters. The number of pyridine rings is 1. The first kappa shape index (κ1) is 15.8. The molecular formula is C16H25N3O2. The van der Waals surface area contributed by atoms with Crippen LogP contribution in [0, 0.1) is 0 Å². The van der Waals surface area contributed by atoms with Gasteiger partial charge in [-0.1, -0.05) is 19.8 Å². The SMILES string of the molecule is CCCNc1cc(C(=O)N2CCCCCC2CO)ccn1. The second-order valence-electron chi connectivity index (χ2n) is 5.54. The molecule has 0 radical (unpaired) electrons. The molecule has 2 heterocycles. The van der Waals surface area contributed by atoms with Crippen LogP contribution in [0.2, 0.25) is 0 Å². The second kappa shape index (κ2) is 7.98. The lowest BCUT2D eigenvalue weighted by molar-refractivity contribution is 0.0600. The van der Waals surface area contributed by atoms with Crippen LogP contribution in [0.4, 0.5) is 5.82 Å². The fourth-order valence-corrected chi connectivity index (χ4v) is 2.71. The Morgan fingerprint density at radius 3 is 3.10 bits per heavy atom. The third kappa shape index (κ3) is 4.17. The van der Waals surface area contributed by atoms with E-state index in [-0.39, 0.29) is 18.6 Å². The van der Waals surface area contributed by atoms with Crippen LogP contribution in [0.15, 0.2) is 18.3 Å². The number of aliphatic hydroxyl groups excluding tert-OH is 1. The molecule has 2 N–H and O–H groups in total. The first-order valence-corrected chi connectivity index (χ1v) is 7.88. The minimum absolute atomic E-state index is 0.00195. The summed E-state index contributed by atoms with van der Waals surface area (Å²) in [5.41, 5.74) is 0.643. The first-order chi connectivity index (χ1) is 10.3. The van der Waals surface area contributed by atoms with Crippen molar-refractivity contribution in [2.45, 2.75) is 45.1 Å². The van der Waals surface area contributed by atoms with Crippen LogP contribution in [-0.2, 0) is 0 Å². The quantitative estimate of drug-likeness (QED) is 0.873. The van der Waals surface area contributed by atoms with Gasteiger partial charge in [0.25, 0.3) is 5.91 Å². The third-order valence-electron chi connectivity index (χ3n) is 3.91. The van der Waals surface area contributed by atoms with Gasteiger partial charge in [-0.3, -0.25) is 4.79 Å². The summed E-state index contributed by atoms with van der Waals surface area (Å²) < 4.78 is 0. The summed E-state index contributed by atoms with van der Waals surface area (Å²) in [6.45, 7) is 3.70. The van der Waals surface area contributed by atoms with Crippen molar-refractivity contribution in [2.24, 2.45) is 0 Å². The molecule has 1 aliphatic heterocycles. The molecule has 1 unspecified atom stereocenters. The molecule has 5 heteroatoms. The lowest BCUT2D eigenvalue weighted by Gasteiger charge is -2.28. The molecule has 1 aromatic rings. The second-order valence-corrected chi connectivity index (χ2v) is 5.54. The van der Waals surface area contributed by atoms with Crippen molar-refractivity contribution in [3.8, 4) is 0 Å². The van der Waals surface area contributed by atoms with E-state index in [4.69, 9.17) is 0 Å². The van der Waals surface area contributed by atoms with E-state index in [0.29, 0.717) is 5.56 Å². The monoisotopic (exact) mass is 291 g/mol. The number of anilines is 1. The number of carbonyl (C=O) groups excluding carboxylic acids is 1. The fraction of sp³-hybridized carbons (Fsp3) is 0.625. The Bertz CT molecular complexity index is 465. The smallest absolute Gasteiger partial charge is 0.254 e. The molecular weight excluding hydrogens is 266 g/mol. The zero-order valence-electron chi connectivity index (χ0n) is 12.7. The van der Waals surface area contributed by atoms with Gasteiger partial charge in [-0.25, -0.2) is 4.98 Å². The van der Waals surface area contributed by atoms with Crippen molar-refractivity contribution in [1.82, 2.24) is 9.88 Å². The standard InChI is InChI=1S/C16H25N3O2/c1-2-8-17-15-11-13(7-9-18-15)16(21)19-10-5-3-4-6-14(19)12-20/h7,9,11,14,20H,2-6,8,10,12H2,1H3,(H,17,18). The van der Waals surface area contributed by atoms with Crippen LogP contribution in [0.1, 0.15) is 49.4 Å². The number of carbonyl (C=O) groups is 1. The summed E-state index contributed by atoms with van der Waals surface area (Å²) in [6, 6.07) is 3.50. The van der Waals surface area contributed by atoms with Crippen molar-refractivity contribution >= 4 is 11.7 Å². The molecule has 1 fully saturated rings. The topological polar surface area (TPSA) is 65.5 Å². The Kier molecular flexibility index (Phi) is 5.99. The number of nitrogens with one attached hydrogen (secondary N) is 1. The van der Waals surface area contributed by atoms with E-state index in [9.17, 15) is 9.90 Å². The highest BCUT2D eigenvalue weighted by Crippen LogP contribution is 2.20. The van der Waals surface area contributed by atoms with Crippen LogP contribution < -0.4 is 5.32 Å². The molecule has 0 spiro atoms. The van der Waals surface area contributed by atoms with E-state index >= 15 is 0 Å². The zero-order chi connectivity index (χ0) is 15.1. The third-order valence-corrected chi connectivity index (χ3v) is 3.91. The van der Waals surface area contributed by atoms with Crippen LogP contribution in [0.5, 0.6) is 0 Å². The van der Waals surface area contributed by atoms with Gasteiger partial charge in [0.15, 0.2) is 0 Å². The molecule has 0 bridgehead atoms. The summed E-state index contributed by atoms with van der Waals surface area (Å²) in [5.74, 6) is 0.732. The Hall–Kier alpha value is -1.62. The molecule has 2 rings (SSSR count). The van der Waals surface area contributed by atoms with E-state index in [0.717, 1.165) is 51.0 Å². The highest BCUT2D eigenvalue weighted by atomic mass is 16.3. The van der Waals surface area contributed by atoms with Crippen molar-refractivity contribution in [1.29, 1.82) is 0 Å². The van der Waals surface area contributed by atoms with Crippen LogP contribution in [0.25, 0.3) is 0 Å². The molecule has 116 valence electrons. The van der Waals surface area contributed by atoms with Crippen LogP contribution in [-0.4, -0.2) is 46.6 Å². The van der Waals surface area contributed by atoms with Crippen molar-refractivity contribution in [2.75, 3.05) is 25.0 Å². The van der Waals surface area contributed by atoms with E-state index in [1.54, 1.807) is 18.3 Å². The summed E-state index contributed by atoms with van der Waals surface area (Å²) in [5, 5.41) is 12.7. The largest absolute Gasteiger partial charge is 0.394 e.